The zero-order chi connectivity index (χ0) is 23.2. The summed E-state index contributed by atoms with van der Waals surface area (Å²) in [5.74, 6) is 1.06. The fourth-order valence-corrected chi connectivity index (χ4v) is 4.01. The van der Waals surface area contributed by atoms with Crippen molar-refractivity contribution in [1.29, 1.82) is 0 Å². The van der Waals surface area contributed by atoms with Crippen molar-refractivity contribution in [1.82, 2.24) is 15.2 Å². The molecule has 1 unspecified atom stereocenters. The molecule has 0 bridgehead atoms. The van der Waals surface area contributed by atoms with E-state index in [0.29, 0.717) is 24.6 Å². The first-order chi connectivity index (χ1) is 16.0. The Morgan fingerprint density at radius 1 is 1.09 bits per heavy atom. The van der Waals surface area contributed by atoms with Gasteiger partial charge in [-0.15, -0.1) is 0 Å². The maximum absolute atomic E-state index is 12.8. The number of likely N-dealkylation sites (tertiary alicyclic amines) is 1. The number of amides is 2. The molecule has 1 aliphatic heterocycles. The number of benzene rings is 2. The van der Waals surface area contributed by atoms with Gasteiger partial charge in [-0.3, -0.25) is 9.59 Å². The van der Waals surface area contributed by atoms with E-state index in [4.69, 9.17) is 9.15 Å². The molecule has 1 atom stereocenters. The lowest BCUT2D eigenvalue weighted by molar-refractivity contribution is -0.120. The summed E-state index contributed by atoms with van der Waals surface area (Å²) >= 11 is 0. The normalized spacial score (nSPS) is 15.8. The number of methoxy groups -OCH3 is 1. The van der Waals surface area contributed by atoms with E-state index in [-0.39, 0.29) is 17.9 Å². The molecule has 2 aromatic carbocycles. The van der Waals surface area contributed by atoms with Crippen molar-refractivity contribution in [2.45, 2.75) is 45.2 Å². The van der Waals surface area contributed by atoms with E-state index in [1.54, 1.807) is 7.11 Å². The maximum Gasteiger partial charge on any atom is 0.276 e. The summed E-state index contributed by atoms with van der Waals surface area (Å²) in [5, 5.41) is 2.94. The van der Waals surface area contributed by atoms with E-state index in [9.17, 15) is 9.59 Å². The van der Waals surface area contributed by atoms with Crippen molar-refractivity contribution in [3.63, 3.8) is 0 Å². The van der Waals surface area contributed by atoms with Crippen LogP contribution in [0.15, 0.2) is 59.2 Å². The summed E-state index contributed by atoms with van der Waals surface area (Å²) in [4.78, 5) is 31.3. The SMILES string of the molecule is COc1ccc(CC(=O)NCc2ccc(-c3nc(C(=O)N4CCCCC4C)co3)cc2)cc1. The highest BCUT2D eigenvalue weighted by molar-refractivity contribution is 5.92. The Hall–Kier alpha value is -3.61. The topological polar surface area (TPSA) is 84.7 Å². The van der Waals surface area contributed by atoms with E-state index in [1.165, 1.54) is 6.26 Å². The van der Waals surface area contributed by atoms with Crippen LogP contribution in [-0.4, -0.2) is 41.4 Å². The Balaban J connectivity index is 1.31. The lowest BCUT2D eigenvalue weighted by Gasteiger charge is -2.32. The van der Waals surface area contributed by atoms with Crippen LogP contribution in [0.4, 0.5) is 0 Å². The van der Waals surface area contributed by atoms with Gasteiger partial charge in [-0.1, -0.05) is 24.3 Å². The third-order valence-electron chi connectivity index (χ3n) is 6.00. The summed E-state index contributed by atoms with van der Waals surface area (Å²) in [7, 11) is 1.61. The predicted molar refractivity (Wildman–Crippen MR) is 125 cm³/mol. The Morgan fingerprint density at radius 2 is 1.82 bits per heavy atom. The fraction of sp³-hybridized carbons (Fsp3) is 0.346. The van der Waals surface area contributed by atoms with E-state index >= 15 is 0 Å². The number of nitrogens with one attached hydrogen (secondary N) is 1. The summed E-state index contributed by atoms with van der Waals surface area (Å²) in [6, 6.07) is 15.3. The van der Waals surface area contributed by atoms with Gasteiger partial charge in [0.25, 0.3) is 5.91 Å². The van der Waals surface area contributed by atoms with Gasteiger partial charge in [0, 0.05) is 24.7 Å². The summed E-state index contributed by atoms with van der Waals surface area (Å²) in [6.07, 6.45) is 4.95. The number of carbonyl (C=O) groups excluding carboxylic acids is 2. The third kappa shape index (κ3) is 5.61. The molecule has 1 aromatic heterocycles. The van der Waals surface area contributed by atoms with Crippen LogP contribution in [0.3, 0.4) is 0 Å². The first-order valence-electron chi connectivity index (χ1n) is 11.3. The van der Waals surface area contributed by atoms with Gasteiger partial charge in [0.1, 0.15) is 12.0 Å². The van der Waals surface area contributed by atoms with E-state index in [2.05, 4.69) is 17.2 Å². The zero-order valence-corrected chi connectivity index (χ0v) is 19.0. The van der Waals surface area contributed by atoms with Crippen molar-refractivity contribution in [2.24, 2.45) is 0 Å². The van der Waals surface area contributed by atoms with Crippen molar-refractivity contribution < 1.29 is 18.7 Å². The Labute approximate surface area is 193 Å². The van der Waals surface area contributed by atoms with Gasteiger partial charge in [-0.25, -0.2) is 4.98 Å². The molecule has 0 spiro atoms. The predicted octanol–water partition coefficient (Wildman–Crippen LogP) is 4.22. The summed E-state index contributed by atoms with van der Waals surface area (Å²) < 4.78 is 10.7. The Morgan fingerprint density at radius 3 is 2.52 bits per heavy atom. The molecular weight excluding hydrogens is 418 g/mol. The molecule has 1 aliphatic rings. The van der Waals surface area contributed by atoms with Gasteiger partial charge in [0.05, 0.1) is 13.5 Å². The van der Waals surface area contributed by atoms with Gasteiger partial charge in [-0.05, 0) is 61.6 Å². The standard InChI is InChI=1S/C26H29N3O4/c1-18-5-3-4-14-29(18)26(31)23-17-33-25(28-23)21-10-6-20(7-11-21)16-27-24(30)15-19-8-12-22(32-2)13-9-19/h6-13,17-18H,3-5,14-16H2,1-2H3,(H,27,30). The molecule has 1 saturated heterocycles. The number of piperidine rings is 1. The number of rotatable bonds is 7. The molecular formula is C26H29N3O4. The smallest absolute Gasteiger partial charge is 0.276 e. The second-order valence-corrected chi connectivity index (χ2v) is 8.38. The molecule has 3 aromatic rings. The first kappa shape index (κ1) is 22.6. The molecule has 2 heterocycles. The van der Waals surface area contributed by atoms with Crippen LogP contribution in [0.2, 0.25) is 0 Å². The molecule has 33 heavy (non-hydrogen) atoms. The molecule has 0 radical (unpaired) electrons. The highest BCUT2D eigenvalue weighted by Gasteiger charge is 2.26. The molecule has 2 amide bonds. The number of ether oxygens (including phenoxy) is 1. The van der Waals surface area contributed by atoms with Crippen LogP contribution in [0.5, 0.6) is 5.75 Å². The Kier molecular flexibility index (Phi) is 7.07. The molecule has 1 N–H and O–H groups in total. The van der Waals surface area contributed by atoms with Crippen LogP contribution in [0.1, 0.15) is 47.8 Å². The van der Waals surface area contributed by atoms with Crippen molar-refractivity contribution >= 4 is 11.8 Å². The van der Waals surface area contributed by atoms with Gasteiger partial charge in [0.2, 0.25) is 11.8 Å². The number of carbonyl (C=O) groups is 2. The highest BCUT2D eigenvalue weighted by atomic mass is 16.5. The largest absolute Gasteiger partial charge is 0.497 e. The van der Waals surface area contributed by atoms with E-state index in [0.717, 1.165) is 48.2 Å². The van der Waals surface area contributed by atoms with Gasteiger partial charge >= 0.3 is 0 Å². The van der Waals surface area contributed by atoms with Crippen LogP contribution in [-0.2, 0) is 17.8 Å². The molecule has 7 nitrogen and oxygen atoms in total. The zero-order valence-electron chi connectivity index (χ0n) is 19.0. The van der Waals surface area contributed by atoms with Crippen molar-refractivity contribution in [3.05, 3.63) is 71.6 Å². The third-order valence-corrected chi connectivity index (χ3v) is 6.00. The molecule has 1 fully saturated rings. The molecule has 7 heteroatoms. The second kappa shape index (κ2) is 10.3. The number of oxazole rings is 1. The molecule has 4 rings (SSSR count). The minimum absolute atomic E-state index is 0.0490. The Bertz CT molecular complexity index is 1090. The number of hydrogen-bond acceptors (Lipinski definition) is 5. The van der Waals surface area contributed by atoms with E-state index in [1.807, 2.05) is 53.4 Å². The number of aromatic nitrogens is 1. The molecule has 172 valence electrons. The summed E-state index contributed by atoms with van der Waals surface area (Å²) in [6.45, 7) is 3.27. The minimum Gasteiger partial charge on any atom is -0.497 e. The molecule has 0 aliphatic carbocycles. The maximum atomic E-state index is 12.8. The van der Waals surface area contributed by atoms with E-state index < -0.39 is 0 Å². The van der Waals surface area contributed by atoms with Crippen LogP contribution < -0.4 is 10.1 Å². The molecule has 0 saturated carbocycles. The average molecular weight is 448 g/mol. The average Bonchev–Trinajstić information content (AvgIpc) is 3.34. The van der Waals surface area contributed by atoms with Crippen LogP contribution >= 0.6 is 0 Å². The van der Waals surface area contributed by atoms with Crippen molar-refractivity contribution in [3.8, 4) is 17.2 Å². The minimum atomic E-state index is -0.0756. The lowest BCUT2D eigenvalue weighted by Crippen LogP contribution is -2.42. The number of hydrogen-bond donors (Lipinski definition) is 1. The summed E-state index contributed by atoms with van der Waals surface area (Å²) in [5.41, 5.74) is 3.02. The lowest BCUT2D eigenvalue weighted by atomic mass is 10.0. The number of nitrogens with zero attached hydrogens (tertiary/aromatic N) is 2. The highest BCUT2D eigenvalue weighted by Crippen LogP contribution is 2.23. The van der Waals surface area contributed by atoms with Gasteiger partial charge in [-0.2, -0.15) is 0 Å². The quantitative estimate of drug-likeness (QED) is 0.586. The van der Waals surface area contributed by atoms with Gasteiger partial charge < -0.3 is 19.4 Å². The van der Waals surface area contributed by atoms with Crippen LogP contribution in [0, 0.1) is 0 Å². The van der Waals surface area contributed by atoms with Gasteiger partial charge in [0.15, 0.2) is 5.69 Å². The fourth-order valence-electron chi connectivity index (χ4n) is 4.01. The van der Waals surface area contributed by atoms with Crippen LogP contribution in [0.25, 0.3) is 11.5 Å². The first-order valence-corrected chi connectivity index (χ1v) is 11.3. The second-order valence-electron chi connectivity index (χ2n) is 8.38. The van der Waals surface area contributed by atoms with Crippen molar-refractivity contribution in [2.75, 3.05) is 13.7 Å². The monoisotopic (exact) mass is 447 g/mol.